The third-order valence-electron chi connectivity index (χ3n) is 3.95. The van der Waals surface area contributed by atoms with Gasteiger partial charge in [-0.15, -0.1) is 0 Å². The molecule has 1 rings (SSSR count). The lowest BCUT2D eigenvalue weighted by Gasteiger charge is -2.38. The number of rotatable bonds is 4. The lowest BCUT2D eigenvalue weighted by atomic mass is 9.91. The van der Waals surface area contributed by atoms with E-state index in [0.29, 0.717) is 0 Å². The van der Waals surface area contributed by atoms with Gasteiger partial charge in [0.25, 0.3) is 0 Å². The van der Waals surface area contributed by atoms with Crippen molar-refractivity contribution >= 4 is 8.80 Å². The van der Waals surface area contributed by atoms with Gasteiger partial charge in [-0.2, -0.15) is 0 Å². The molecule has 0 bridgehead atoms. The van der Waals surface area contributed by atoms with E-state index in [2.05, 4.69) is 66.0 Å². The van der Waals surface area contributed by atoms with Gasteiger partial charge in [-0.1, -0.05) is 24.7 Å². The molecule has 1 nitrogen and oxygen atoms in total. The van der Waals surface area contributed by atoms with E-state index < -0.39 is 8.80 Å². The van der Waals surface area contributed by atoms with E-state index in [1.165, 1.54) is 22.8 Å². The predicted molar refractivity (Wildman–Crippen MR) is 81.4 cm³/mol. The van der Waals surface area contributed by atoms with Crippen LogP contribution in [0.3, 0.4) is 0 Å². The molecular weight excluding hydrogens is 222 g/mol. The van der Waals surface area contributed by atoms with Crippen LogP contribution in [0.1, 0.15) is 41.5 Å². The topological polar surface area (TPSA) is 12.0 Å². The molecule has 1 aliphatic carbocycles. The van der Waals surface area contributed by atoms with Gasteiger partial charge in [0.05, 0.1) is 5.54 Å². The van der Waals surface area contributed by atoms with Crippen LogP contribution in [0.5, 0.6) is 0 Å². The highest BCUT2D eigenvalue weighted by Crippen LogP contribution is 2.35. The minimum Gasteiger partial charge on any atom is -0.300 e. The van der Waals surface area contributed by atoms with Gasteiger partial charge in [0.1, 0.15) is 0 Å². The molecule has 0 spiro atoms. The molecule has 1 aliphatic rings. The van der Waals surface area contributed by atoms with Gasteiger partial charge < -0.3 is 0 Å². The molecular formula is C15H29NSi. The van der Waals surface area contributed by atoms with Crippen LogP contribution in [0.2, 0.25) is 19.1 Å². The van der Waals surface area contributed by atoms with Crippen LogP contribution in [0.4, 0.5) is 0 Å². The maximum absolute atomic E-state index is 3.87. The summed E-state index contributed by atoms with van der Waals surface area (Å²) in [5.41, 5.74) is 4.65. The Kier molecular flexibility index (Phi) is 4.10. The molecule has 0 radical (unpaired) electrons. The third kappa shape index (κ3) is 3.32. The van der Waals surface area contributed by atoms with Gasteiger partial charge in [0, 0.05) is 14.3 Å². The maximum atomic E-state index is 3.87. The standard InChI is InChI=1S/C15H29NSi/c1-11-9-15(6,13(3)12(11)2)16-14(4,5)10-17(7)8/h9,16-17H,10H2,1-8H3. The Labute approximate surface area is 109 Å². The van der Waals surface area contributed by atoms with Crippen molar-refractivity contribution < 1.29 is 0 Å². The van der Waals surface area contributed by atoms with E-state index in [1.54, 1.807) is 0 Å². The molecule has 0 amide bonds. The van der Waals surface area contributed by atoms with Crippen molar-refractivity contribution in [3.05, 3.63) is 22.8 Å². The predicted octanol–water partition coefficient (Wildman–Crippen LogP) is 3.90. The minimum absolute atomic E-state index is 0.0565. The number of nitrogens with one attached hydrogen (secondary N) is 1. The van der Waals surface area contributed by atoms with E-state index in [1.807, 2.05) is 0 Å². The summed E-state index contributed by atoms with van der Waals surface area (Å²) in [6.07, 6.45) is 2.39. The van der Waals surface area contributed by atoms with Crippen molar-refractivity contribution in [3.8, 4) is 0 Å². The summed E-state index contributed by atoms with van der Waals surface area (Å²) in [7, 11) is -0.538. The largest absolute Gasteiger partial charge is 0.300 e. The first kappa shape index (κ1) is 14.7. The second-order valence-electron chi connectivity index (χ2n) is 6.89. The molecule has 0 aromatic heterocycles. The van der Waals surface area contributed by atoms with Crippen molar-refractivity contribution in [2.45, 2.75) is 71.8 Å². The van der Waals surface area contributed by atoms with Crippen molar-refractivity contribution in [2.75, 3.05) is 0 Å². The van der Waals surface area contributed by atoms with E-state index in [9.17, 15) is 0 Å². The van der Waals surface area contributed by atoms with Crippen LogP contribution in [-0.2, 0) is 0 Å². The zero-order valence-corrected chi connectivity index (χ0v) is 14.0. The summed E-state index contributed by atoms with van der Waals surface area (Å²) in [4.78, 5) is 0. The summed E-state index contributed by atoms with van der Waals surface area (Å²) in [5, 5.41) is 3.87. The maximum Gasteiger partial charge on any atom is 0.0563 e. The molecule has 2 heteroatoms. The summed E-state index contributed by atoms with van der Waals surface area (Å²) in [5.74, 6) is 0. The van der Waals surface area contributed by atoms with Crippen molar-refractivity contribution in [2.24, 2.45) is 0 Å². The molecule has 1 unspecified atom stereocenters. The van der Waals surface area contributed by atoms with Gasteiger partial charge in [-0.05, 0) is 58.7 Å². The van der Waals surface area contributed by atoms with Crippen LogP contribution in [0.15, 0.2) is 22.8 Å². The fourth-order valence-electron chi connectivity index (χ4n) is 3.24. The quantitative estimate of drug-likeness (QED) is 0.747. The Bertz CT molecular complexity index is 363. The highest BCUT2D eigenvalue weighted by Gasteiger charge is 2.35. The molecule has 0 aliphatic heterocycles. The average molecular weight is 251 g/mol. The highest BCUT2D eigenvalue weighted by molar-refractivity contribution is 6.56. The lowest BCUT2D eigenvalue weighted by Crippen LogP contribution is -2.53. The van der Waals surface area contributed by atoms with Crippen LogP contribution in [0, 0.1) is 0 Å². The first-order chi connectivity index (χ1) is 7.57. The summed E-state index contributed by atoms with van der Waals surface area (Å²) in [6, 6.07) is 1.34. The van der Waals surface area contributed by atoms with Gasteiger partial charge in [0.15, 0.2) is 0 Å². The average Bonchev–Trinajstić information content (AvgIpc) is 2.26. The minimum atomic E-state index is -0.538. The second-order valence-corrected chi connectivity index (χ2v) is 10.1. The monoisotopic (exact) mass is 251 g/mol. The molecule has 0 aromatic rings. The molecule has 1 atom stereocenters. The Morgan fingerprint density at radius 1 is 1.24 bits per heavy atom. The van der Waals surface area contributed by atoms with E-state index in [0.717, 1.165) is 0 Å². The molecule has 0 saturated heterocycles. The lowest BCUT2D eigenvalue weighted by molar-refractivity contribution is 0.343. The van der Waals surface area contributed by atoms with Crippen LogP contribution in [0.25, 0.3) is 0 Å². The van der Waals surface area contributed by atoms with Crippen LogP contribution in [-0.4, -0.2) is 19.9 Å². The summed E-state index contributed by atoms with van der Waals surface area (Å²) >= 11 is 0. The normalized spacial score (nSPS) is 25.8. The van der Waals surface area contributed by atoms with Gasteiger partial charge >= 0.3 is 0 Å². The fourth-order valence-corrected chi connectivity index (χ4v) is 5.38. The zero-order chi connectivity index (χ0) is 13.4. The Hall–Kier alpha value is -0.343. The number of hydrogen-bond donors (Lipinski definition) is 1. The van der Waals surface area contributed by atoms with Crippen LogP contribution >= 0.6 is 0 Å². The Morgan fingerprint density at radius 2 is 1.76 bits per heavy atom. The molecule has 17 heavy (non-hydrogen) atoms. The summed E-state index contributed by atoms with van der Waals surface area (Å²) < 4.78 is 0. The summed E-state index contributed by atoms with van der Waals surface area (Å²) in [6.45, 7) is 18.6. The van der Waals surface area contributed by atoms with Gasteiger partial charge in [-0.3, -0.25) is 5.32 Å². The van der Waals surface area contributed by atoms with Crippen molar-refractivity contribution in [3.63, 3.8) is 0 Å². The van der Waals surface area contributed by atoms with Crippen LogP contribution < -0.4 is 5.32 Å². The third-order valence-corrected chi connectivity index (χ3v) is 5.79. The van der Waals surface area contributed by atoms with E-state index in [4.69, 9.17) is 0 Å². The first-order valence-electron chi connectivity index (χ1n) is 6.74. The molecule has 98 valence electrons. The Morgan fingerprint density at radius 3 is 2.12 bits per heavy atom. The number of allylic oxidation sites excluding steroid dienone is 2. The van der Waals surface area contributed by atoms with Crippen molar-refractivity contribution in [1.29, 1.82) is 0 Å². The molecule has 0 heterocycles. The number of hydrogen-bond acceptors (Lipinski definition) is 1. The van der Waals surface area contributed by atoms with Gasteiger partial charge in [0.2, 0.25) is 0 Å². The fraction of sp³-hybridized carbons (Fsp3) is 0.733. The Balaban J connectivity index is 2.89. The molecule has 0 saturated carbocycles. The second kappa shape index (κ2) is 4.73. The van der Waals surface area contributed by atoms with E-state index >= 15 is 0 Å². The molecule has 0 fully saturated rings. The SMILES string of the molecule is CC1=CC(C)(NC(C)(C)C[SiH](C)C)C(C)=C1C. The highest BCUT2D eigenvalue weighted by atomic mass is 28.3. The van der Waals surface area contributed by atoms with Gasteiger partial charge in [-0.25, -0.2) is 0 Å². The van der Waals surface area contributed by atoms with E-state index in [-0.39, 0.29) is 11.1 Å². The molecule has 0 aromatic carbocycles. The first-order valence-corrected chi connectivity index (χ1v) is 9.87. The van der Waals surface area contributed by atoms with Crippen molar-refractivity contribution in [1.82, 2.24) is 5.32 Å². The smallest absolute Gasteiger partial charge is 0.0563 e. The molecule has 1 N–H and O–H groups in total. The zero-order valence-electron chi connectivity index (χ0n) is 12.9.